The molecular formula is C25H35F3N4O4. The van der Waals surface area contributed by atoms with E-state index in [4.69, 9.17) is 4.74 Å². The number of ether oxygens (including phenoxy) is 1. The lowest BCUT2D eigenvalue weighted by Gasteiger charge is -2.35. The molecule has 1 heterocycles. The summed E-state index contributed by atoms with van der Waals surface area (Å²) >= 11 is 0. The summed E-state index contributed by atoms with van der Waals surface area (Å²) in [4.78, 5) is 29.3. The molecule has 0 spiro atoms. The van der Waals surface area contributed by atoms with Crippen LogP contribution in [0.5, 0.6) is 0 Å². The number of amides is 2. The fourth-order valence-electron chi connectivity index (χ4n) is 4.66. The van der Waals surface area contributed by atoms with Crippen molar-refractivity contribution >= 4 is 11.8 Å². The molecule has 1 aliphatic heterocycles. The first-order valence-electron chi connectivity index (χ1n) is 12.1. The van der Waals surface area contributed by atoms with Gasteiger partial charge in [0.1, 0.15) is 5.82 Å². The van der Waals surface area contributed by atoms with E-state index in [1.807, 2.05) is 20.8 Å². The number of nitrogens with one attached hydrogen (secondary N) is 2. The van der Waals surface area contributed by atoms with Gasteiger partial charge in [0.2, 0.25) is 5.91 Å². The molecule has 2 aliphatic rings. The third-order valence-corrected chi connectivity index (χ3v) is 6.58. The first-order valence-corrected chi connectivity index (χ1v) is 12.1. The highest BCUT2D eigenvalue weighted by Gasteiger charge is 2.35. The van der Waals surface area contributed by atoms with Crippen LogP contribution in [0, 0.1) is 5.92 Å². The number of aliphatic hydroxyl groups excluding tert-OH is 1. The first-order chi connectivity index (χ1) is 16.9. The number of allylic oxidation sites excluding steroid dienone is 1. The largest absolute Gasteiger partial charge is 0.416 e. The monoisotopic (exact) mass is 512 g/mol. The average Bonchev–Trinajstić information content (AvgIpc) is 3.15. The second-order valence-electron chi connectivity index (χ2n) is 9.67. The van der Waals surface area contributed by atoms with Crippen LogP contribution in [0.3, 0.4) is 0 Å². The highest BCUT2D eigenvalue weighted by molar-refractivity contribution is 5.94. The fourth-order valence-corrected chi connectivity index (χ4v) is 4.66. The highest BCUT2D eigenvalue weighted by atomic mass is 19.4. The molecule has 1 fully saturated rings. The molecule has 0 radical (unpaired) electrons. The Morgan fingerprint density at radius 2 is 2.03 bits per heavy atom. The standard InChI is InChI=1S/C25H35F3N4O4/c1-15(2)36-21(33)13-32-14-29-16(3)22(32)30-23(34)17-7-6-10-20(12-17)31(4)24(35)18-8-5-9-19(11-18)25(26,27)28/h5,8-9,11,15,17,20-21,29,33H,6-7,10,12-14H2,1-4H3,(H,30,34)/t17-,20+,21?/m0/s1. The average molecular weight is 513 g/mol. The second-order valence-corrected chi connectivity index (χ2v) is 9.67. The maximum absolute atomic E-state index is 13.1. The topological polar surface area (TPSA) is 94.1 Å². The van der Waals surface area contributed by atoms with Crippen molar-refractivity contribution in [1.82, 2.24) is 20.4 Å². The fraction of sp³-hybridized carbons (Fsp3) is 0.600. The molecular weight excluding hydrogens is 477 g/mol. The number of hydrogen-bond acceptors (Lipinski definition) is 6. The van der Waals surface area contributed by atoms with Crippen LogP contribution >= 0.6 is 0 Å². The van der Waals surface area contributed by atoms with Gasteiger partial charge in [-0.25, -0.2) is 0 Å². The zero-order valence-electron chi connectivity index (χ0n) is 21.1. The van der Waals surface area contributed by atoms with Gasteiger partial charge in [-0.1, -0.05) is 12.5 Å². The van der Waals surface area contributed by atoms with E-state index < -0.39 is 23.9 Å². The molecule has 8 nitrogen and oxygen atoms in total. The molecule has 3 rings (SSSR count). The molecule has 1 saturated carbocycles. The summed E-state index contributed by atoms with van der Waals surface area (Å²) in [5, 5.41) is 16.3. The van der Waals surface area contributed by atoms with Gasteiger partial charge >= 0.3 is 6.18 Å². The molecule has 1 aliphatic carbocycles. The van der Waals surface area contributed by atoms with Crippen molar-refractivity contribution < 1.29 is 32.6 Å². The Hall–Kier alpha value is -2.79. The smallest absolute Gasteiger partial charge is 0.368 e. The van der Waals surface area contributed by atoms with Crippen molar-refractivity contribution in [3.8, 4) is 0 Å². The van der Waals surface area contributed by atoms with Crippen molar-refractivity contribution in [3.63, 3.8) is 0 Å². The number of nitrogens with zero attached hydrogens (tertiary/aromatic N) is 2. The van der Waals surface area contributed by atoms with Crippen LogP contribution in [0.15, 0.2) is 35.8 Å². The number of hydrogen-bond donors (Lipinski definition) is 3. The predicted octanol–water partition coefficient (Wildman–Crippen LogP) is 3.25. The summed E-state index contributed by atoms with van der Waals surface area (Å²) in [7, 11) is 1.57. The van der Waals surface area contributed by atoms with E-state index in [1.54, 1.807) is 11.9 Å². The Morgan fingerprint density at radius 3 is 2.69 bits per heavy atom. The molecule has 1 unspecified atom stereocenters. The Bertz CT molecular complexity index is 982. The molecule has 3 N–H and O–H groups in total. The summed E-state index contributed by atoms with van der Waals surface area (Å²) in [5.74, 6) is -0.486. The minimum atomic E-state index is -4.53. The van der Waals surface area contributed by atoms with Gasteiger partial charge < -0.3 is 30.3 Å². The zero-order valence-corrected chi connectivity index (χ0v) is 21.1. The quantitative estimate of drug-likeness (QED) is 0.463. The van der Waals surface area contributed by atoms with Crippen LogP contribution in [0.25, 0.3) is 0 Å². The van der Waals surface area contributed by atoms with Gasteiger partial charge in [-0.15, -0.1) is 0 Å². The number of β-amino-alcohol motifs (C(OH)–C–C–N with tert-alkyl or cyclic N) is 1. The van der Waals surface area contributed by atoms with Gasteiger partial charge in [-0.05, 0) is 58.2 Å². The molecule has 200 valence electrons. The SMILES string of the molecule is CC1=C(NC(=O)[C@H]2CCC[C@@H](N(C)C(=O)c3cccc(C(F)(F)F)c3)C2)N(CC(O)OC(C)C)CN1. The molecule has 36 heavy (non-hydrogen) atoms. The van der Waals surface area contributed by atoms with Crippen LogP contribution in [-0.2, 0) is 15.7 Å². The summed E-state index contributed by atoms with van der Waals surface area (Å²) in [5.41, 5.74) is -0.135. The Labute approximate surface area is 209 Å². The van der Waals surface area contributed by atoms with Gasteiger partial charge in [0.05, 0.1) is 30.6 Å². The van der Waals surface area contributed by atoms with Gasteiger partial charge in [0, 0.05) is 24.6 Å². The van der Waals surface area contributed by atoms with E-state index in [-0.39, 0.29) is 36.1 Å². The van der Waals surface area contributed by atoms with E-state index in [1.165, 1.54) is 17.0 Å². The molecule has 2 amide bonds. The summed E-state index contributed by atoms with van der Waals surface area (Å²) < 4.78 is 44.6. The second kappa shape index (κ2) is 11.5. The highest BCUT2D eigenvalue weighted by Crippen LogP contribution is 2.31. The van der Waals surface area contributed by atoms with Crippen LogP contribution in [0.2, 0.25) is 0 Å². The third kappa shape index (κ3) is 6.91. The van der Waals surface area contributed by atoms with Crippen LogP contribution in [0.4, 0.5) is 13.2 Å². The molecule has 1 aromatic carbocycles. The van der Waals surface area contributed by atoms with Crippen LogP contribution in [-0.4, -0.2) is 65.4 Å². The van der Waals surface area contributed by atoms with Crippen molar-refractivity contribution in [2.75, 3.05) is 20.3 Å². The van der Waals surface area contributed by atoms with E-state index in [0.717, 1.165) is 17.8 Å². The molecule has 1 aromatic rings. The number of halogens is 3. The van der Waals surface area contributed by atoms with Gasteiger partial charge in [0.15, 0.2) is 6.29 Å². The Kier molecular flexibility index (Phi) is 8.89. The number of rotatable bonds is 8. The molecule has 0 bridgehead atoms. The minimum absolute atomic E-state index is 0.0328. The molecule has 11 heteroatoms. The van der Waals surface area contributed by atoms with E-state index in [2.05, 4.69) is 10.6 Å². The minimum Gasteiger partial charge on any atom is -0.368 e. The van der Waals surface area contributed by atoms with Gasteiger partial charge in [0.25, 0.3) is 5.91 Å². The summed E-state index contributed by atoms with van der Waals surface area (Å²) in [6.07, 6.45) is -3.26. The lowest BCUT2D eigenvalue weighted by Crippen LogP contribution is -2.45. The van der Waals surface area contributed by atoms with Crippen molar-refractivity contribution in [2.24, 2.45) is 5.92 Å². The first kappa shape index (κ1) is 27.8. The predicted molar refractivity (Wildman–Crippen MR) is 127 cm³/mol. The van der Waals surface area contributed by atoms with Crippen LogP contribution in [0.1, 0.15) is 62.4 Å². The lowest BCUT2D eigenvalue weighted by atomic mass is 9.84. The number of alkyl halides is 3. The Balaban J connectivity index is 1.63. The van der Waals surface area contributed by atoms with Crippen molar-refractivity contribution in [1.29, 1.82) is 0 Å². The van der Waals surface area contributed by atoms with Gasteiger partial charge in [-0.2, -0.15) is 13.2 Å². The van der Waals surface area contributed by atoms with Crippen LogP contribution < -0.4 is 10.6 Å². The number of carbonyl (C=O) groups is 2. The zero-order chi connectivity index (χ0) is 26.6. The summed E-state index contributed by atoms with van der Waals surface area (Å²) in [6.45, 7) is 6.07. The van der Waals surface area contributed by atoms with Gasteiger partial charge in [-0.3, -0.25) is 9.59 Å². The van der Waals surface area contributed by atoms with Crippen molar-refractivity contribution in [3.05, 3.63) is 46.9 Å². The number of benzene rings is 1. The van der Waals surface area contributed by atoms with E-state index in [9.17, 15) is 27.9 Å². The number of aliphatic hydroxyl groups is 1. The van der Waals surface area contributed by atoms with E-state index >= 15 is 0 Å². The normalized spacial score (nSPS) is 21.4. The molecule has 3 atom stereocenters. The van der Waals surface area contributed by atoms with Crippen molar-refractivity contribution in [2.45, 2.75) is 71.1 Å². The lowest BCUT2D eigenvalue weighted by molar-refractivity contribution is -0.137. The number of carbonyl (C=O) groups excluding carboxylic acids is 2. The molecule has 0 saturated heterocycles. The maximum atomic E-state index is 13.1. The molecule has 0 aromatic heterocycles. The van der Waals surface area contributed by atoms with E-state index in [0.29, 0.717) is 38.2 Å². The maximum Gasteiger partial charge on any atom is 0.416 e. The third-order valence-electron chi connectivity index (χ3n) is 6.58. The Morgan fingerprint density at radius 1 is 1.31 bits per heavy atom. The summed E-state index contributed by atoms with van der Waals surface area (Å²) in [6, 6.07) is 4.12.